The zero-order chi connectivity index (χ0) is 18.8. The molecular weight excluding hydrogens is 332 g/mol. The Balaban J connectivity index is 2.16. The van der Waals surface area contributed by atoms with Gasteiger partial charge in [-0.2, -0.15) is 0 Å². The minimum absolute atomic E-state index is 0.0333. The molecule has 5 heteroatoms. The van der Waals surface area contributed by atoms with E-state index in [9.17, 15) is 9.90 Å². The number of carbonyl (C=O) groups is 1. The van der Waals surface area contributed by atoms with Crippen LogP contribution >= 0.6 is 0 Å². The molecule has 5 nitrogen and oxygen atoms in total. The lowest BCUT2D eigenvalue weighted by Gasteiger charge is -2.12. The van der Waals surface area contributed by atoms with Crippen LogP contribution in [0.3, 0.4) is 0 Å². The second kappa shape index (κ2) is 10.3. The molecule has 0 spiro atoms. The summed E-state index contributed by atoms with van der Waals surface area (Å²) in [7, 11) is 1.55. The van der Waals surface area contributed by atoms with E-state index in [1.807, 2.05) is 12.1 Å². The number of ketones is 1. The van der Waals surface area contributed by atoms with Crippen molar-refractivity contribution in [1.29, 1.82) is 0 Å². The van der Waals surface area contributed by atoms with Crippen molar-refractivity contribution in [2.45, 2.75) is 19.8 Å². The van der Waals surface area contributed by atoms with E-state index in [0.29, 0.717) is 18.1 Å². The van der Waals surface area contributed by atoms with Crippen molar-refractivity contribution in [1.82, 2.24) is 0 Å². The molecule has 0 unspecified atom stereocenters. The summed E-state index contributed by atoms with van der Waals surface area (Å²) in [6, 6.07) is 11.9. The number of aromatic hydroxyl groups is 1. The number of benzene rings is 2. The van der Waals surface area contributed by atoms with Crippen molar-refractivity contribution in [2.75, 3.05) is 20.5 Å². The molecule has 0 saturated carbocycles. The molecule has 0 aliphatic carbocycles. The number of hydrogen-bond donors (Lipinski definition) is 1. The quantitative estimate of drug-likeness (QED) is 0.295. The van der Waals surface area contributed by atoms with Crippen molar-refractivity contribution >= 4 is 11.9 Å². The van der Waals surface area contributed by atoms with Crippen LogP contribution in [-0.4, -0.2) is 31.4 Å². The van der Waals surface area contributed by atoms with Gasteiger partial charge in [0.25, 0.3) is 0 Å². The number of phenolic OH excluding ortho intramolecular Hbond substituents is 1. The predicted octanol–water partition coefficient (Wildman–Crippen LogP) is 4.45. The van der Waals surface area contributed by atoms with Gasteiger partial charge in [-0.1, -0.05) is 37.6 Å². The monoisotopic (exact) mass is 356 g/mol. The Morgan fingerprint density at radius 2 is 1.92 bits per heavy atom. The molecule has 2 aromatic carbocycles. The first-order valence-corrected chi connectivity index (χ1v) is 8.54. The van der Waals surface area contributed by atoms with Crippen molar-refractivity contribution < 1.29 is 24.1 Å². The molecule has 0 radical (unpaired) electrons. The fourth-order valence-corrected chi connectivity index (χ4v) is 2.25. The highest BCUT2D eigenvalue weighted by Gasteiger charge is 2.08. The largest absolute Gasteiger partial charge is 0.507 e. The van der Waals surface area contributed by atoms with E-state index < -0.39 is 0 Å². The molecule has 0 bridgehead atoms. The van der Waals surface area contributed by atoms with E-state index >= 15 is 0 Å². The number of carbonyl (C=O) groups excluding carboxylic acids is 1. The SMILES string of the molecule is CCCCOc1cc(/C=C/C(=O)c2ccccc2O)ccc1OCOC. The lowest BCUT2D eigenvalue weighted by Crippen LogP contribution is -2.03. The molecule has 1 N–H and O–H groups in total. The van der Waals surface area contributed by atoms with Crippen LogP contribution in [0, 0.1) is 0 Å². The Bertz CT molecular complexity index is 752. The molecule has 0 aliphatic rings. The molecule has 0 amide bonds. The minimum atomic E-state index is -0.267. The minimum Gasteiger partial charge on any atom is -0.507 e. The van der Waals surface area contributed by atoms with Gasteiger partial charge < -0.3 is 19.3 Å². The molecule has 26 heavy (non-hydrogen) atoms. The predicted molar refractivity (Wildman–Crippen MR) is 101 cm³/mol. The fourth-order valence-electron chi connectivity index (χ4n) is 2.25. The van der Waals surface area contributed by atoms with Crippen LogP contribution in [0.5, 0.6) is 17.2 Å². The van der Waals surface area contributed by atoms with E-state index in [1.165, 1.54) is 12.1 Å². The third kappa shape index (κ3) is 5.63. The van der Waals surface area contributed by atoms with Gasteiger partial charge in [0, 0.05) is 7.11 Å². The maximum Gasteiger partial charge on any atom is 0.189 e. The molecule has 138 valence electrons. The van der Waals surface area contributed by atoms with Crippen molar-refractivity contribution in [3.63, 3.8) is 0 Å². The summed E-state index contributed by atoms with van der Waals surface area (Å²) in [6.45, 7) is 2.81. The summed E-state index contributed by atoms with van der Waals surface area (Å²) in [5.74, 6) is 0.894. The van der Waals surface area contributed by atoms with Crippen LogP contribution in [0.2, 0.25) is 0 Å². The number of para-hydroxylation sites is 1. The van der Waals surface area contributed by atoms with Crippen LogP contribution < -0.4 is 9.47 Å². The number of methoxy groups -OCH3 is 1. The van der Waals surface area contributed by atoms with Crippen molar-refractivity contribution in [3.05, 3.63) is 59.7 Å². The Morgan fingerprint density at radius 3 is 2.65 bits per heavy atom. The summed E-state index contributed by atoms with van der Waals surface area (Å²) in [5, 5.41) is 9.76. The Kier molecular flexibility index (Phi) is 7.71. The molecule has 0 fully saturated rings. The lowest BCUT2D eigenvalue weighted by atomic mass is 10.1. The zero-order valence-electron chi connectivity index (χ0n) is 15.1. The number of allylic oxidation sites excluding steroid dienone is 1. The Labute approximate surface area is 153 Å². The third-order valence-electron chi connectivity index (χ3n) is 3.65. The maximum atomic E-state index is 12.2. The molecule has 0 atom stereocenters. The lowest BCUT2D eigenvalue weighted by molar-refractivity contribution is 0.0485. The van der Waals surface area contributed by atoms with E-state index in [2.05, 4.69) is 6.92 Å². The van der Waals surface area contributed by atoms with Crippen LogP contribution in [-0.2, 0) is 4.74 Å². The normalized spacial score (nSPS) is 10.8. The van der Waals surface area contributed by atoms with Crippen LogP contribution in [0.15, 0.2) is 48.5 Å². The van der Waals surface area contributed by atoms with Gasteiger partial charge in [-0.25, -0.2) is 0 Å². The second-order valence-corrected chi connectivity index (χ2v) is 5.67. The van der Waals surface area contributed by atoms with E-state index in [0.717, 1.165) is 18.4 Å². The topological polar surface area (TPSA) is 65.0 Å². The van der Waals surface area contributed by atoms with Gasteiger partial charge in [-0.15, -0.1) is 0 Å². The maximum absolute atomic E-state index is 12.2. The van der Waals surface area contributed by atoms with Gasteiger partial charge in [-0.05, 0) is 42.3 Å². The molecule has 2 rings (SSSR count). The third-order valence-corrected chi connectivity index (χ3v) is 3.65. The average Bonchev–Trinajstić information content (AvgIpc) is 2.66. The highest BCUT2D eigenvalue weighted by Crippen LogP contribution is 2.29. The highest BCUT2D eigenvalue weighted by molar-refractivity contribution is 6.08. The first-order chi connectivity index (χ1) is 12.7. The van der Waals surface area contributed by atoms with Gasteiger partial charge >= 0.3 is 0 Å². The van der Waals surface area contributed by atoms with Gasteiger partial charge in [-0.3, -0.25) is 4.79 Å². The van der Waals surface area contributed by atoms with Crippen LogP contribution in [0.1, 0.15) is 35.7 Å². The molecule has 0 saturated heterocycles. The van der Waals surface area contributed by atoms with Crippen molar-refractivity contribution in [3.8, 4) is 17.2 Å². The Morgan fingerprint density at radius 1 is 1.12 bits per heavy atom. The zero-order valence-corrected chi connectivity index (χ0v) is 15.1. The summed E-state index contributed by atoms with van der Waals surface area (Å²) in [5.41, 5.74) is 1.06. The molecule has 0 heterocycles. The molecule has 0 aromatic heterocycles. The average molecular weight is 356 g/mol. The van der Waals surface area contributed by atoms with E-state index in [4.69, 9.17) is 14.2 Å². The second-order valence-electron chi connectivity index (χ2n) is 5.67. The Hall–Kier alpha value is -2.79. The van der Waals surface area contributed by atoms with Crippen LogP contribution in [0.25, 0.3) is 6.08 Å². The summed E-state index contributed by atoms with van der Waals surface area (Å²) in [6.07, 6.45) is 5.08. The van der Waals surface area contributed by atoms with Gasteiger partial charge in [0.1, 0.15) is 5.75 Å². The molecular formula is C21H24O5. The van der Waals surface area contributed by atoms with E-state index in [-0.39, 0.29) is 23.9 Å². The summed E-state index contributed by atoms with van der Waals surface area (Å²) in [4.78, 5) is 12.2. The number of ether oxygens (including phenoxy) is 3. The van der Waals surface area contributed by atoms with Crippen molar-refractivity contribution in [2.24, 2.45) is 0 Å². The molecule has 2 aromatic rings. The van der Waals surface area contributed by atoms with E-state index in [1.54, 1.807) is 37.5 Å². The summed E-state index contributed by atoms with van der Waals surface area (Å²) < 4.78 is 16.2. The highest BCUT2D eigenvalue weighted by atomic mass is 16.7. The number of unbranched alkanes of at least 4 members (excludes halogenated alkanes) is 1. The first-order valence-electron chi connectivity index (χ1n) is 8.54. The summed E-state index contributed by atoms with van der Waals surface area (Å²) >= 11 is 0. The number of phenols is 1. The van der Waals surface area contributed by atoms with Gasteiger partial charge in [0.05, 0.1) is 12.2 Å². The smallest absolute Gasteiger partial charge is 0.189 e. The fraction of sp³-hybridized carbons (Fsp3) is 0.286. The number of rotatable bonds is 10. The number of hydrogen-bond acceptors (Lipinski definition) is 5. The standard InChI is InChI=1S/C21H24O5/c1-3-4-13-25-21-14-16(10-12-20(21)26-15-24-2)9-11-19(23)17-7-5-6-8-18(17)22/h5-12,14,22H,3-4,13,15H2,1-2H3/b11-9+. The first kappa shape index (κ1) is 19.5. The van der Waals surface area contributed by atoms with Gasteiger partial charge in [0.15, 0.2) is 24.1 Å². The van der Waals surface area contributed by atoms with Crippen LogP contribution in [0.4, 0.5) is 0 Å². The van der Waals surface area contributed by atoms with Gasteiger partial charge in [0.2, 0.25) is 0 Å². The molecule has 0 aliphatic heterocycles.